The van der Waals surface area contributed by atoms with Crippen molar-refractivity contribution in [1.29, 1.82) is 0 Å². The van der Waals surface area contributed by atoms with Gasteiger partial charge in [-0.25, -0.2) is 8.42 Å². The van der Waals surface area contributed by atoms with Crippen LogP contribution in [0.2, 0.25) is 0 Å². The summed E-state index contributed by atoms with van der Waals surface area (Å²) in [4.78, 5) is 15.5. The summed E-state index contributed by atoms with van der Waals surface area (Å²) in [6.07, 6.45) is 9.91. The molecule has 0 radical (unpaired) electrons. The van der Waals surface area contributed by atoms with Crippen molar-refractivity contribution in [2.75, 3.05) is 20.3 Å². The summed E-state index contributed by atoms with van der Waals surface area (Å²) >= 11 is 0. The average molecular weight is 648 g/mol. The molecule has 2 aromatic carbocycles. The van der Waals surface area contributed by atoms with Crippen LogP contribution in [-0.2, 0) is 20.7 Å². The second kappa shape index (κ2) is 14.3. The number of alkyl halides is 2. The molecular weight excluding hydrogens is 600 g/mol. The van der Waals surface area contributed by atoms with Gasteiger partial charge in [-0.3, -0.25) is 4.79 Å². The van der Waals surface area contributed by atoms with Crippen LogP contribution in [0.3, 0.4) is 0 Å². The molecule has 3 atom stereocenters. The molecule has 2 aliphatic heterocycles. The van der Waals surface area contributed by atoms with Crippen molar-refractivity contribution in [2.24, 2.45) is 11.7 Å². The molecule has 248 valence electrons. The van der Waals surface area contributed by atoms with Gasteiger partial charge in [0.2, 0.25) is 15.9 Å². The molecule has 3 fully saturated rings. The van der Waals surface area contributed by atoms with E-state index < -0.39 is 33.5 Å². The number of halogens is 2. The summed E-state index contributed by atoms with van der Waals surface area (Å²) in [6, 6.07) is 8.08. The molecule has 2 N–H and O–H groups in total. The average Bonchev–Trinajstić information content (AvgIpc) is 3.31. The maximum Gasteiger partial charge on any atom is 0.298 e. The van der Waals surface area contributed by atoms with Crippen LogP contribution in [0.4, 0.5) is 8.78 Å². The highest BCUT2D eigenvalue weighted by Crippen LogP contribution is 2.42. The Bertz CT molecular complexity index is 1370. The lowest BCUT2D eigenvalue weighted by Gasteiger charge is -2.42. The van der Waals surface area contributed by atoms with E-state index in [9.17, 15) is 13.2 Å². The van der Waals surface area contributed by atoms with Crippen LogP contribution in [0.5, 0.6) is 11.5 Å². The first-order valence-corrected chi connectivity index (χ1v) is 17.9. The zero-order valence-corrected chi connectivity index (χ0v) is 27.2. The Hall–Kier alpha value is -2.76. The largest absolute Gasteiger partial charge is 0.494 e. The van der Waals surface area contributed by atoms with Crippen LogP contribution < -0.4 is 15.2 Å². The lowest BCUT2D eigenvalue weighted by molar-refractivity contribution is -0.154. The summed E-state index contributed by atoms with van der Waals surface area (Å²) in [7, 11) is -3.44. The van der Waals surface area contributed by atoms with Crippen molar-refractivity contribution in [1.82, 2.24) is 9.21 Å². The molecule has 2 aromatic rings. The van der Waals surface area contributed by atoms with E-state index >= 15 is 8.78 Å². The second-order valence-electron chi connectivity index (χ2n) is 12.9. The third-order valence-electron chi connectivity index (χ3n) is 9.68. The van der Waals surface area contributed by atoms with E-state index in [1.165, 1.54) is 60.6 Å². The van der Waals surface area contributed by atoms with E-state index in [0.717, 1.165) is 32.7 Å². The highest BCUT2D eigenvalue weighted by molar-refractivity contribution is 7.89. The van der Waals surface area contributed by atoms with Crippen molar-refractivity contribution < 1.29 is 31.5 Å². The summed E-state index contributed by atoms with van der Waals surface area (Å²) in [6.45, 7) is 3.04. The van der Waals surface area contributed by atoms with Gasteiger partial charge in [0.15, 0.2) is 6.04 Å². The zero-order valence-electron chi connectivity index (χ0n) is 26.4. The van der Waals surface area contributed by atoms with Crippen molar-refractivity contribution >= 4 is 15.9 Å². The molecule has 0 spiro atoms. The molecule has 3 aliphatic rings. The minimum Gasteiger partial charge on any atom is -0.494 e. The molecule has 1 saturated carbocycles. The van der Waals surface area contributed by atoms with Crippen molar-refractivity contribution in [3.63, 3.8) is 0 Å². The lowest BCUT2D eigenvalue weighted by Crippen LogP contribution is -2.61. The number of benzene rings is 2. The van der Waals surface area contributed by atoms with Crippen molar-refractivity contribution in [3.05, 3.63) is 54.1 Å². The number of likely N-dealkylation sites (N-methyl/N-ethyl adjacent to an activating group) is 1. The van der Waals surface area contributed by atoms with E-state index in [1.54, 1.807) is 12.1 Å². The van der Waals surface area contributed by atoms with Gasteiger partial charge in [0, 0.05) is 30.7 Å². The van der Waals surface area contributed by atoms with Crippen LogP contribution in [0, 0.1) is 5.92 Å². The van der Waals surface area contributed by atoms with Gasteiger partial charge in [-0.2, -0.15) is 13.1 Å². The van der Waals surface area contributed by atoms with Gasteiger partial charge in [-0.1, -0.05) is 32.6 Å². The first kappa shape index (κ1) is 33.6. The van der Waals surface area contributed by atoms with Gasteiger partial charge in [-0.15, -0.1) is 0 Å². The van der Waals surface area contributed by atoms with Gasteiger partial charge >= 0.3 is 0 Å². The molecule has 45 heavy (non-hydrogen) atoms. The minimum absolute atomic E-state index is 0.119. The summed E-state index contributed by atoms with van der Waals surface area (Å²) < 4.78 is 73.2. The number of fused-ring (bicyclic) bond motifs is 2. The van der Waals surface area contributed by atoms with Crippen LogP contribution in [0.15, 0.2) is 53.4 Å². The Morgan fingerprint density at radius 2 is 1.53 bits per heavy atom. The van der Waals surface area contributed by atoms with E-state index in [-0.39, 0.29) is 23.0 Å². The highest BCUT2D eigenvalue weighted by atomic mass is 32.2. The Kier molecular flexibility index (Phi) is 10.7. The fourth-order valence-electron chi connectivity index (χ4n) is 7.11. The monoisotopic (exact) mass is 647 g/mol. The third kappa shape index (κ3) is 7.46. The zero-order chi connectivity index (χ0) is 32.2. The standard InChI is InChI=1S/C34H47F2N3O5S/c1-3-4-20-43-29-14-10-25(11-15-29)34(35,36)32(33(40)39-27-12-13-28(39)22-26(37)21-27)38(2)45(41,42)31-18-16-30(17-19-31)44-23-24-8-6-5-7-9-24/h10-11,14-19,24,26-28,32H,3-9,12-13,20-23,37H2,1-2H3/t26?,27?,28?,32-/m1/s1. The second-order valence-corrected chi connectivity index (χ2v) is 14.9. The molecule has 8 nitrogen and oxygen atoms in total. The molecule has 1 amide bonds. The normalized spacial score (nSPS) is 23.2. The number of nitrogens with zero attached hydrogens (tertiary/aromatic N) is 2. The molecular formula is C34H47F2N3O5S. The van der Waals surface area contributed by atoms with Crippen molar-refractivity contribution in [3.8, 4) is 11.5 Å². The molecule has 0 aromatic heterocycles. The maximum atomic E-state index is 16.6. The number of hydrogen-bond donors (Lipinski definition) is 1. The van der Waals surface area contributed by atoms with E-state index in [4.69, 9.17) is 15.2 Å². The SMILES string of the molecule is CCCCOc1ccc(C(F)(F)[C@@H](C(=O)N2C3CCC2CC(N)C3)N(C)S(=O)(=O)c2ccc(OCC3CCCCC3)cc2)cc1. The molecule has 5 rings (SSSR count). The molecule has 2 unspecified atom stereocenters. The number of sulfonamides is 1. The third-order valence-corrected chi connectivity index (χ3v) is 11.5. The first-order valence-electron chi connectivity index (χ1n) is 16.4. The summed E-state index contributed by atoms with van der Waals surface area (Å²) in [5.74, 6) is -3.33. The van der Waals surface area contributed by atoms with Crippen LogP contribution in [0.1, 0.15) is 83.1 Å². The predicted molar refractivity (Wildman–Crippen MR) is 169 cm³/mol. The molecule has 11 heteroatoms. The van der Waals surface area contributed by atoms with Crippen LogP contribution in [0.25, 0.3) is 0 Å². The summed E-state index contributed by atoms with van der Waals surface area (Å²) in [5.41, 5.74) is 5.74. The fourth-order valence-corrected chi connectivity index (χ4v) is 8.42. The maximum absolute atomic E-state index is 16.6. The minimum atomic E-state index is -4.51. The van der Waals surface area contributed by atoms with Gasteiger partial charge in [0.25, 0.3) is 5.92 Å². The topological polar surface area (TPSA) is 102 Å². The lowest BCUT2D eigenvalue weighted by atomic mass is 9.90. The Morgan fingerprint density at radius 1 is 0.956 bits per heavy atom. The van der Waals surface area contributed by atoms with Crippen LogP contribution >= 0.6 is 0 Å². The number of unbranched alkanes of at least 4 members (excludes halogenated alkanes) is 1. The van der Waals surface area contributed by atoms with E-state index in [0.29, 0.717) is 60.6 Å². The fraction of sp³-hybridized carbons (Fsp3) is 0.618. The van der Waals surface area contributed by atoms with Crippen molar-refractivity contribution in [2.45, 2.75) is 113 Å². The number of amides is 1. The number of hydrogen-bond acceptors (Lipinski definition) is 6. The number of carbonyl (C=O) groups is 1. The van der Waals surface area contributed by atoms with Gasteiger partial charge in [0.05, 0.1) is 18.1 Å². The number of carbonyl (C=O) groups excluding carboxylic acids is 1. The number of rotatable bonds is 13. The van der Waals surface area contributed by atoms with E-state index in [1.807, 2.05) is 6.92 Å². The van der Waals surface area contributed by atoms with Gasteiger partial charge in [0.1, 0.15) is 11.5 Å². The number of piperidine rings is 1. The van der Waals surface area contributed by atoms with Gasteiger partial charge in [-0.05, 0) is 99.4 Å². The quantitative estimate of drug-likeness (QED) is 0.264. The predicted octanol–water partition coefficient (Wildman–Crippen LogP) is 6.09. The van der Waals surface area contributed by atoms with E-state index in [2.05, 4.69) is 0 Å². The first-order chi connectivity index (χ1) is 21.5. The Morgan fingerprint density at radius 3 is 2.13 bits per heavy atom. The molecule has 2 saturated heterocycles. The number of nitrogens with two attached hydrogens (primary N) is 1. The smallest absolute Gasteiger partial charge is 0.298 e. The Balaban J connectivity index is 1.41. The number of ether oxygens (including phenoxy) is 2. The molecule has 2 bridgehead atoms. The molecule has 1 aliphatic carbocycles. The Labute approximate surface area is 266 Å². The summed E-state index contributed by atoms with van der Waals surface area (Å²) in [5, 5.41) is 0. The highest BCUT2D eigenvalue weighted by Gasteiger charge is 2.56. The van der Waals surface area contributed by atoms with Gasteiger partial charge < -0.3 is 20.1 Å². The molecule has 2 heterocycles. The van der Waals surface area contributed by atoms with Crippen LogP contribution in [-0.4, -0.2) is 68.0 Å².